The summed E-state index contributed by atoms with van der Waals surface area (Å²) in [5.74, 6) is -1.03. The van der Waals surface area contributed by atoms with Gasteiger partial charge in [0, 0.05) is 21.5 Å². The van der Waals surface area contributed by atoms with Gasteiger partial charge in [0.1, 0.15) is 5.75 Å². The molecule has 0 aliphatic carbocycles. The van der Waals surface area contributed by atoms with E-state index in [0.29, 0.717) is 40.9 Å². The van der Waals surface area contributed by atoms with E-state index in [4.69, 9.17) is 4.74 Å². The first-order valence-electron chi connectivity index (χ1n) is 12.3. The van der Waals surface area contributed by atoms with E-state index >= 15 is 0 Å². The normalized spacial score (nSPS) is 11.5. The molecule has 194 valence electrons. The Morgan fingerprint density at radius 2 is 1.58 bits per heavy atom. The van der Waals surface area contributed by atoms with E-state index in [1.807, 2.05) is 38.1 Å². The third-order valence-corrected chi connectivity index (χ3v) is 7.22. The van der Waals surface area contributed by atoms with Crippen LogP contribution in [0.4, 0.5) is 11.4 Å². The molecular weight excluding hydrogens is 500 g/mol. The maximum atomic E-state index is 13.2. The van der Waals surface area contributed by atoms with Crippen LogP contribution in [-0.2, 0) is 4.79 Å². The van der Waals surface area contributed by atoms with E-state index in [2.05, 4.69) is 10.6 Å². The maximum Gasteiger partial charge on any atom is 0.336 e. The third kappa shape index (κ3) is 6.15. The summed E-state index contributed by atoms with van der Waals surface area (Å²) in [6, 6.07) is 24.6. The van der Waals surface area contributed by atoms with Crippen molar-refractivity contribution in [1.82, 2.24) is 0 Å². The second kappa shape index (κ2) is 12.3. The number of carbonyl (C=O) groups is 3. The minimum atomic E-state index is -1.10. The molecule has 1 atom stereocenters. The summed E-state index contributed by atoms with van der Waals surface area (Å²) < 4.78 is 5.61. The second-order valence-electron chi connectivity index (χ2n) is 8.43. The fourth-order valence-electron chi connectivity index (χ4n) is 4.11. The number of carboxylic acids is 1. The first kappa shape index (κ1) is 26.8. The van der Waals surface area contributed by atoms with Gasteiger partial charge in [-0.3, -0.25) is 9.59 Å². The lowest BCUT2D eigenvalue weighted by molar-refractivity contribution is -0.115. The van der Waals surface area contributed by atoms with E-state index in [-0.39, 0.29) is 22.3 Å². The van der Waals surface area contributed by atoms with Gasteiger partial charge in [0.05, 0.1) is 23.1 Å². The summed E-state index contributed by atoms with van der Waals surface area (Å²) in [5, 5.41) is 16.2. The lowest BCUT2D eigenvalue weighted by atomic mass is 9.98. The van der Waals surface area contributed by atoms with Gasteiger partial charge in [-0.2, -0.15) is 0 Å². The summed E-state index contributed by atoms with van der Waals surface area (Å²) >= 11 is 1.40. The number of nitrogens with one attached hydrogen (secondary N) is 2. The Morgan fingerprint density at radius 3 is 2.29 bits per heavy atom. The first-order valence-corrected chi connectivity index (χ1v) is 13.1. The van der Waals surface area contributed by atoms with E-state index in [9.17, 15) is 19.5 Å². The molecule has 0 spiro atoms. The molecule has 0 fully saturated rings. The first-order chi connectivity index (χ1) is 18.4. The number of anilines is 2. The summed E-state index contributed by atoms with van der Waals surface area (Å²) in [5.41, 5.74) is 1.51. The van der Waals surface area contributed by atoms with Crippen molar-refractivity contribution in [3.63, 3.8) is 0 Å². The number of rotatable bonds is 10. The molecule has 0 heterocycles. The highest BCUT2D eigenvalue weighted by Gasteiger charge is 2.20. The minimum Gasteiger partial charge on any atom is -0.492 e. The molecule has 4 aromatic rings. The smallest absolute Gasteiger partial charge is 0.336 e. The average Bonchev–Trinajstić information content (AvgIpc) is 2.92. The molecule has 0 aliphatic rings. The molecule has 7 nitrogen and oxygen atoms in total. The van der Waals surface area contributed by atoms with Gasteiger partial charge in [-0.15, -0.1) is 11.8 Å². The highest BCUT2D eigenvalue weighted by molar-refractivity contribution is 8.00. The highest BCUT2D eigenvalue weighted by atomic mass is 32.2. The van der Waals surface area contributed by atoms with Crippen molar-refractivity contribution in [1.29, 1.82) is 0 Å². The van der Waals surface area contributed by atoms with Crippen LogP contribution in [0, 0.1) is 0 Å². The number of para-hydroxylation sites is 2. The zero-order valence-electron chi connectivity index (χ0n) is 21.1. The predicted octanol–water partition coefficient (Wildman–Crippen LogP) is 6.70. The van der Waals surface area contributed by atoms with Crippen LogP contribution in [0.3, 0.4) is 0 Å². The summed E-state index contributed by atoms with van der Waals surface area (Å²) in [6.45, 7) is 4.33. The third-order valence-electron chi connectivity index (χ3n) is 5.86. The average molecular weight is 529 g/mol. The number of benzene rings is 4. The van der Waals surface area contributed by atoms with Crippen LogP contribution in [0.5, 0.6) is 5.75 Å². The van der Waals surface area contributed by atoms with Gasteiger partial charge in [0.25, 0.3) is 5.91 Å². The molecule has 0 aliphatic heterocycles. The van der Waals surface area contributed by atoms with E-state index in [0.717, 1.165) is 4.90 Å². The molecule has 0 saturated carbocycles. The molecule has 0 aromatic heterocycles. The molecule has 38 heavy (non-hydrogen) atoms. The Kier molecular flexibility index (Phi) is 8.66. The Bertz CT molecular complexity index is 1480. The van der Waals surface area contributed by atoms with Gasteiger partial charge in [-0.25, -0.2) is 4.79 Å². The molecule has 1 unspecified atom stereocenters. The molecular formula is C30H28N2O5S. The zero-order valence-corrected chi connectivity index (χ0v) is 21.9. The molecule has 2 amide bonds. The van der Waals surface area contributed by atoms with Crippen molar-refractivity contribution < 1.29 is 24.2 Å². The number of hydrogen-bond acceptors (Lipinski definition) is 5. The van der Waals surface area contributed by atoms with Crippen LogP contribution in [0.25, 0.3) is 10.8 Å². The van der Waals surface area contributed by atoms with Crippen LogP contribution in [0.1, 0.15) is 41.0 Å². The van der Waals surface area contributed by atoms with Gasteiger partial charge in [0.2, 0.25) is 5.91 Å². The standard InChI is InChI=1S/C30H28N2O5S/c1-3-26(29(34)32-24-16-5-6-17-25(24)37-4-2)38-21-13-9-12-20(18-21)31-28(33)22-14-7-10-19-11-8-15-23(27(19)22)30(35)36/h5-18,26H,3-4H2,1-2H3,(H,31,33)(H,32,34)(H,35,36). The Morgan fingerprint density at radius 1 is 0.868 bits per heavy atom. The van der Waals surface area contributed by atoms with Crippen LogP contribution in [0.15, 0.2) is 89.8 Å². The number of carboxylic acid groups (broad SMARTS) is 1. The number of ether oxygens (including phenoxy) is 1. The number of fused-ring (bicyclic) bond motifs is 1. The number of carbonyl (C=O) groups excluding carboxylic acids is 2. The molecule has 4 aromatic carbocycles. The summed E-state index contributed by atoms with van der Waals surface area (Å²) in [6.07, 6.45) is 0.595. The fourth-order valence-corrected chi connectivity index (χ4v) is 5.12. The van der Waals surface area contributed by atoms with Crippen molar-refractivity contribution >= 4 is 51.7 Å². The number of aromatic carboxylic acids is 1. The maximum absolute atomic E-state index is 13.2. The highest BCUT2D eigenvalue weighted by Crippen LogP contribution is 2.31. The Labute approximate surface area is 225 Å². The Hall–Kier alpha value is -4.30. The Balaban J connectivity index is 1.51. The largest absolute Gasteiger partial charge is 0.492 e. The van der Waals surface area contributed by atoms with Gasteiger partial charge < -0.3 is 20.5 Å². The van der Waals surface area contributed by atoms with E-state index in [1.54, 1.807) is 54.6 Å². The van der Waals surface area contributed by atoms with Gasteiger partial charge in [-0.05, 0) is 61.2 Å². The molecule has 8 heteroatoms. The molecule has 3 N–H and O–H groups in total. The number of hydrogen-bond donors (Lipinski definition) is 3. The fraction of sp³-hybridized carbons (Fsp3) is 0.167. The number of thioether (sulfide) groups is 1. The SMILES string of the molecule is CCOc1ccccc1NC(=O)C(CC)Sc1cccc(NC(=O)c2cccc3cccc(C(=O)O)c23)c1. The topological polar surface area (TPSA) is 105 Å². The molecule has 0 bridgehead atoms. The van der Waals surface area contributed by atoms with Gasteiger partial charge in [0.15, 0.2) is 0 Å². The van der Waals surface area contributed by atoms with E-state index < -0.39 is 11.9 Å². The monoisotopic (exact) mass is 528 g/mol. The predicted molar refractivity (Wildman–Crippen MR) is 151 cm³/mol. The summed E-state index contributed by atoms with van der Waals surface area (Å²) in [7, 11) is 0. The minimum absolute atomic E-state index is 0.0697. The van der Waals surface area contributed by atoms with Gasteiger partial charge in [-0.1, -0.05) is 49.4 Å². The van der Waals surface area contributed by atoms with Crippen molar-refractivity contribution in [3.05, 3.63) is 96.1 Å². The van der Waals surface area contributed by atoms with Crippen LogP contribution in [-0.4, -0.2) is 34.7 Å². The van der Waals surface area contributed by atoms with Crippen LogP contribution >= 0.6 is 11.8 Å². The lowest BCUT2D eigenvalue weighted by Crippen LogP contribution is -2.24. The number of amides is 2. The zero-order chi connectivity index (χ0) is 27.1. The van der Waals surface area contributed by atoms with E-state index in [1.165, 1.54) is 17.8 Å². The van der Waals surface area contributed by atoms with Crippen molar-refractivity contribution in [3.8, 4) is 5.75 Å². The van der Waals surface area contributed by atoms with Crippen molar-refractivity contribution in [2.45, 2.75) is 30.4 Å². The quantitative estimate of drug-likeness (QED) is 0.198. The molecule has 0 saturated heterocycles. The van der Waals surface area contributed by atoms with Crippen LogP contribution < -0.4 is 15.4 Å². The van der Waals surface area contributed by atoms with Crippen LogP contribution in [0.2, 0.25) is 0 Å². The molecule has 4 rings (SSSR count). The van der Waals surface area contributed by atoms with Gasteiger partial charge >= 0.3 is 5.97 Å². The van der Waals surface area contributed by atoms with Crippen molar-refractivity contribution in [2.24, 2.45) is 0 Å². The lowest BCUT2D eigenvalue weighted by Gasteiger charge is -2.17. The van der Waals surface area contributed by atoms with Crippen molar-refractivity contribution in [2.75, 3.05) is 17.2 Å². The summed E-state index contributed by atoms with van der Waals surface area (Å²) in [4.78, 5) is 38.8. The molecule has 0 radical (unpaired) electrons. The second-order valence-corrected chi connectivity index (χ2v) is 9.71.